The van der Waals surface area contributed by atoms with Gasteiger partial charge in [0.25, 0.3) is 0 Å². The van der Waals surface area contributed by atoms with Crippen LogP contribution in [0.3, 0.4) is 0 Å². The summed E-state index contributed by atoms with van der Waals surface area (Å²) in [4.78, 5) is 12.2. The van der Waals surface area contributed by atoms with Crippen LogP contribution in [-0.2, 0) is 19.6 Å². The molecule has 0 amide bonds. The molecule has 1 saturated heterocycles. The van der Waals surface area contributed by atoms with Crippen LogP contribution in [0.4, 0.5) is 0 Å². The van der Waals surface area contributed by atoms with Gasteiger partial charge in [0.15, 0.2) is 0 Å². The zero-order valence-corrected chi connectivity index (χ0v) is 14.7. The molecular weight excluding hydrogens is 350 g/mol. The normalized spacial score (nSPS) is 22.9. The van der Waals surface area contributed by atoms with Crippen molar-refractivity contribution in [2.45, 2.75) is 23.9 Å². The first-order chi connectivity index (χ1) is 11.4. The predicted molar refractivity (Wildman–Crippen MR) is 90.2 cm³/mol. The topological polar surface area (TPSA) is 63.5 Å². The highest BCUT2D eigenvalue weighted by atomic mass is 35.5. The molecule has 2 aromatic carbocycles. The summed E-state index contributed by atoms with van der Waals surface area (Å²) in [5.41, 5.74) is 1.66. The van der Waals surface area contributed by atoms with E-state index >= 15 is 0 Å². The lowest BCUT2D eigenvalue weighted by Crippen LogP contribution is -2.20. The minimum atomic E-state index is -3.79. The van der Waals surface area contributed by atoms with E-state index in [0.29, 0.717) is 10.6 Å². The zero-order valence-electron chi connectivity index (χ0n) is 13.1. The number of halogens is 1. The van der Waals surface area contributed by atoms with Crippen LogP contribution in [0.1, 0.15) is 17.2 Å². The van der Waals surface area contributed by atoms with Gasteiger partial charge in [-0.15, -0.1) is 0 Å². The highest BCUT2D eigenvalue weighted by Crippen LogP contribution is 2.48. The predicted octanol–water partition coefficient (Wildman–Crippen LogP) is 2.94. The minimum Gasteiger partial charge on any atom is -0.468 e. The average molecular weight is 366 g/mol. The van der Waals surface area contributed by atoms with Gasteiger partial charge < -0.3 is 4.74 Å². The average Bonchev–Trinajstić information content (AvgIpc) is 3.31. The highest BCUT2D eigenvalue weighted by molar-refractivity contribution is 7.89. The monoisotopic (exact) mass is 365 g/mol. The van der Waals surface area contributed by atoms with E-state index in [1.54, 1.807) is 36.4 Å². The summed E-state index contributed by atoms with van der Waals surface area (Å²) in [6.07, 6.45) is 0. The number of hydrogen-bond acceptors (Lipinski definition) is 4. The number of benzene rings is 2. The van der Waals surface area contributed by atoms with Crippen molar-refractivity contribution in [1.29, 1.82) is 0 Å². The summed E-state index contributed by atoms with van der Waals surface area (Å²) in [6.45, 7) is 1.88. The Bertz CT molecular complexity index is 862. The number of methoxy groups -OCH3 is 1. The fraction of sp³-hybridized carbons (Fsp3) is 0.235. The van der Waals surface area contributed by atoms with Crippen molar-refractivity contribution >= 4 is 27.6 Å². The van der Waals surface area contributed by atoms with Crippen LogP contribution < -0.4 is 0 Å². The summed E-state index contributed by atoms with van der Waals surface area (Å²) in [6, 6.07) is 11.8. The molecule has 3 atom stereocenters. The molecule has 7 heteroatoms. The molecule has 1 fully saturated rings. The molecule has 0 saturated carbocycles. The Kier molecular flexibility index (Phi) is 4.38. The molecule has 0 bridgehead atoms. The third kappa shape index (κ3) is 2.92. The first-order valence-corrected chi connectivity index (χ1v) is 9.11. The lowest BCUT2D eigenvalue weighted by Gasteiger charge is -2.07. The maximum Gasteiger partial charge on any atom is 0.326 e. The molecule has 0 spiro atoms. The van der Waals surface area contributed by atoms with E-state index in [4.69, 9.17) is 16.3 Å². The van der Waals surface area contributed by atoms with Gasteiger partial charge in [0.05, 0.1) is 18.0 Å². The highest BCUT2D eigenvalue weighted by Gasteiger charge is 2.61. The molecule has 3 rings (SSSR count). The maximum absolute atomic E-state index is 12.9. The lowest BCUT2D eigenvalue weighted by atomic mass is 10.1. The molecule has 1 aliphatic heterocycles. The molecule has 1 aliphatic rings. The Morgan fingerprint density at radius 3 is 2.21 bits per heavy atom. The van der Waals surface area contributed by atoms with Gasteiger partial charge in [-0.05, 0) is 36.8 Å². The third-order valence-corrected chi connectivity index (χ3v) is 6.14. The molecule has 1 heterocycles. The van der Waals surface area contributed by atoms with Crippen LogP contribution in [0.2, 0.25) is 5.02 Å². The number of rotatable bonds is 4. The van der Waals surface area contributed by atoms with Gasteiger partial charge in [0, 0.05) is 5.02 Å². The summed E-state index contributed by atoms with van der Waals surface area (Å²) in [5.74, 6) is -0.578. The number of sulfonamides is 1. The van der Waals surface area contributed by atoms with Gasteiger partial charge in [-0.2, -0.15) is 4.31 Å². The summed E-state index contributed by atoms with van der Waals surface area (Å²) >= 11 is 5.88. The van der Waals surface area contributed by atoms with Crippen molar-refractivity contribution in [1.82, 2.24) is 4.31 Å². The number of esters is 1. The van der Waals surface area contributed by atoms with E-state index in [1.807, 2.05) is 6.92 Å². The summed E-state index contributed by atoms with van der Waals surface area (Å²) in [5, 5.41) is 0.543. The Labute approximate surface area is 145 Å². The lowest BCUT2D eigenvalue weighted by molar-refractivity contribution is -0.140. The van der Waals surface area contributed by atoms with E-state index < -0.39 is 28.1 Å². The summed E-state index contributed by atoms with van der Waals surface area (Å²) < 4.78 is 31.7. The van der Waals surface area contributed by atoms with E-state index in [9.17, 15) is 13.2 Å². The number of carbonyl (C=O) groups is 1. The second kappa shape index (κ2) is 6.20. The molecule has 0 N–H and O–H groups in total. The van der Waals surface area contributed by atoms with Gasteiger partial charge in [-0.3, -0.25) is 4.79 Å². The maximum atomic E-state index is 12.9. The van der Waals surface area contributed by atoms with Crippen LogP contribution in [0.15, 0.2) is 53.4 Å². The Morgan fingerprint density at radius 1 is 1.08 bits per heavy atom. The SMILES string of the molecule is COC(=O)[C@@H]1[C@@H](c2ccc(Cl)cc2)N1S(=O)(=O)c1ccc(C)cc1. The van der Waals surface area contributed by atoms with E-state index in [0.717, 1.165) is 5.56 Å². The van der Waals surface area contributed by atoms with Gasteiger partial charge >= 0.3 is 5.97 Å². The Morgan fingerprint density at radius 2 is 1.67 bits per heavy atom. The van der Waals surface area contributed by atoms with Crippen LogP contribution in [-0.4, -0.2) is 31.8 Å². The van der Waals surface area contributed by atoms with Crippen LogP contribution in [0, 0.1) is 6.92 Å². The molecule has 24 heavy (non-hydrogen) atoms. The van der Waals surface area contributed by atoms with Crippen LogP contribution in [0.5, 0.6) is 0 Å². The number of nitrogens with zero attached hydrogens (tertiary/aromatic N) is 1. The van der Waals surface area contributed by atoms with Gasteiger partial charge in [-0.1, -0.05) is 41.4 Å². The number of hydrogen-bond donors (Lipinski definition) is 0. The van der Waals surface area contributed by atoms with Crippen molar-refractivity contribution < 1.29 is 17.9 Å². The number of aryl methyl sites for hydroxylation is 1. The molecule has 2 aromatic rings. The number of carbonyl (C=O) groups excluding carboxylic acids is 1. The van der Waals surface area contributed by atoms with Crippen molar-refractivity contribution in [3.63, 3.8) is 0 Å². The zero-order chi connectivity index (χ0) is 17.5. The molecule has 0 radical (unpaired) electrons. The second-order valence-electron chi connectivity index (χ2n) is 5.61. The second-order valence-corrected chi connectivity index (χ2v) is 7.89. The third-order valence-electron chi connectivity index (χ3n) is 4.01. The first kappa shape index (κ1) is 17.0. The molecule has 0 aromatic heterocycles. The van der Waals surface area contributed by atoms with E-state index in [2.05, 4.69) is 0 Å². The van der Waals surface area contributed by atoms with Crippen molar-refractivity contribution in [3.05, 3.63) is 64.7 Å². The van der Waals surface area contributed by atoms with Crippen molar-refractivity contribution in [2.24, 2.45) is 0 Å². The molecule has 5 nitrogen and oxygen atoms in total. The van der Waals surface area contributed by atoms with Gasteiger partial charge in [0.2, 0.25) is 10.0 Å². The first-order valence-electron chi connectivity index (χ1n) is 7.30. The fourth-order valence-corrected chi connectivity index (χ4v) is 4.52. The standard InChI is InChI=1S/C17H16ClNO4S/c1-11-3-9-14(10-4-11)24(21,22)19-15(16(19)17(20)23-2)12-5-7-13(18)8-6-12/h3-10,15-16H,1-2H3/t15-,16+,19?/m1/s1. The Balaban J connectivity index is 1.99. The number of ether oxygens (including phenoxy) is 1. The van der Waals surface area contributed by atoms with Crippen molar-refractivity contribution in [3.8, 4) is 0 Å². The van der Waals surface area contributed by atoms with E-state index in [-0.39, 0.29) is 4.90 Å². The minimum absolute atomic E-state index is 0.151. The van der Waals surface area contributed by atoms with E-state index in [1.165, 1.54) is 23.5 Å². The quantitative estimate of drug-likeness (QED) is 0.617. The molecular formula is C17H16ClNO4S. The van der Waals surface area contributed by atoms with Crippen LogP contribution >= 0.6 is 11.6 Å². The smallest absolute Gasteiger partial charge is 0.326 e. The van der Waals surface area contributed by atoms with Crippen LogP contribution in [0.25, 0.3) is 0 Å². The molecule has 0 aliphatic carbocycles. The Hall–Kier alpha value is -1.89. The van der Waals surface area contributed by atoms with Gasteiger partial charge in [-0.25, -0.2) is 8.42 Å². The van der Waals surface area contributed by atoms with Crippen molar-refractivity contribution in [2.75, 3.05) is 7.11 Å². The molecule has 1 unspecified atom stereocenters. The largest absolute Gasteiger partial charge is 0.468 e. The molecule has 126 valence electrons. The van der Waals surface area contributed by atoms with Gasteiger partial charge in [0.1, 0.15) is 6.04 Å². The fourth-order valence-electron chi connectivity index (χ4n) is 2.69. The summed E-state index contributed by atoms with van der Waals surface area (Å²) in [7, 11) is -2.55.